The van der Waals surface area contributed by atoms with Crippen molar-refractivity contribution >= 4 is 75.1 Å². The minimum atomic E-state index is 0.695. The second-order valence-electron chi connectivity index (χ2n) is 11.8. The van der Waals surface area contributed by atoms with Gasteiger partial charge in [-0.3, -0.25) is 0 Å². The molecule has 3 heterocycles. The summed E-state index contributed by atoms with van der Waals surface area (Å²) < 4.78 is 8.83. The standard InChI is InChI=1S/C42H24N2OS/c1-2-11-26(12-3-1)39-41-40(33-15-7-9-17-37(33)46-41)44-42(43-39)34-23-29(24-36-38(34)32-14-6-8-16-35(32)45-36)27-20-21-31-28(22-27)19-18-25-10-4-5-13-30(25)31/h1-24H. The number of thiophene rings is 1. The van der Waals surface area contributed by atoms with Crippen LogP contribution in [0.1, 0.15) is 0 Å². The Morgan fingerprint density at radius 1 is 0.478 bits per heavy atom. The van der Waals surface area contributed by atoms with Gasteiger partial charge in [0.15, 0.2) is 5.82 Å². The molecule has 0 unspecified atom stereocenters. The molecule has 4 heteroatoms. The highest BCUT2D eigenvalue weighted by molar-refractivity contribution is 7.26. The molecule has 0 aliphatic heterocycles. The van der Waals surface area contributed by atoms with Crippen LogP contribution in [0.2, 0.25) is 0 Å². The van der Waals surface area contributed by atoms with Crippen molar-refractivity contribution in [2.45, 2.75) is 0 Å². The van der Waals surface area contributed by atoms with Crippen molar-refractivity contribution in [3.8, 4) is 33.8 Å². The van der Waals surface area contributed by atoms with Gasteiger partial charge in [0, 0.05) is 32.0 Å². The van der Waals surface area contributed by atoms with E-state index in [2.05, 4.69) is 127 Å². The smallest absolute Gasteiger partial charge is 0.161 e. The number of aromatic nitrogens is 2. The highest BCUT2D eigenvalue weighted by Crippen LogP contribution is 2.43. The van der Waals surface area contributed by atoms with Crippen molar-refractivity contribution in [1.29, 1.82) is 0 Å². The number of para-hydroxylation sites is 1. The van der Waals surface area contributed by atoms with E-state index in [1.165, 1.54) is 26.2 Å². The number of nitrogens with zero attached hydrogens (tertiary/aromatic N) is 2. The van der Waals surface area contributed by atoms with Gasteiger partial charge in [-0.25, -0.2) is 9.97 Å². The molecule has 0 saturated carbocycles. The number of hydrogen-bond donors (Lipinski definition) is 0. The average Bonchev–Trinajstić information content (AvgIpc) is 3.69. The molecule has 0 N–H and O–H groups in total. The molecule has 7 aromatic carbocycles. The molecule has 0 fully saturated rings. The van der Waals surface area contributed by atoms with Crippen LogP contribution >= 0.6 is 11.3 Å². The van der Waals surface area contributed by atoms with Crippen LogP contribution in [-0.4, -0.2) is 9.97 Å². The van der Waals surface area contributed by atoms with Gasteiger partial charge in [-0.15, -0.1) is 11.3 Å². The minimum Gasteiger partial charge on any atom is -0.456 e. The summed E-state index contributed by atoms with van der Waals surface area (Å²) in [5.74, 6) is 0.695. The van der Waals surface area contributed by atoms with Crippen LogP contribution in [-0.2, 0) is 0 Å². The maximum Gasteiger partial charge on any atom is 0.161 e. The van der Waals surface area contributed by atoms with Gasteiger partial charge >= 0.3 is 0 Å². The average molecular weight is 605 g/mol. The van der Waals surface area contributed by atoms with Crippen LogP contribution in [0.25, 0.3) is 97.6 Å². The van der Waals surface area contributed by atoms with Gasteiger partial charge in [-0.2, -0.15) is 0 Å². The van der Waals surface area contributed by atoms with Gasteiger partial charge in [-0.05, 0) is 63.0 Å². The predicted molar refractivity (Wildman–Crippen MR) is 194 cm³/mol. The summed E-state index contributed by atoms with van der Waals surface area (Å²) in [4.78, 5) is 10.7. The summed E-state index contributed by atoms with van der Waals surface area (Å²) in [7, 11) is 0. The lowest BCUT2D eigenvalue weighted by Gasteiger charge is -2.11. The fourth-order valence-electron chi connectivity index (χ4n) is 6.89. The molecule has 0 radical (unpaired) electrons. The Morgan fingerprint density at radius 2 is 1.22 bits per heavy atom. The van der Waals surface area contributed by atoms with Gasteiger partial charge < -0.3 is 4.42 Å². The predicted octanol–water partition coefficient (Wildman–Crippen LogP) is 12.1. The number of benzene rings is 7. The summed E-state index contributed by atoms with van der Waals surface area (Å²) in [6.45, 7) is 0. The maximum atomic E-state index is 6.53. The van der Waals surface area contributed by atoms with E-state index in [1.54, 1.807) is 11.3 Å². The molecule has 0 amide bonds. The molecule has 3 aromatic heterocycles. The first-order valence-electron chi connectivity index (χ1n) is 15.4. The van der Waals surface area contributed by atoms with Crippen molar-refractivity contribution in [3.63, 3.8) is 0 Å². The summed E-state index contributed by atoms with van der Waals surface area (Å²) in [5.41, 5.74) is 7.84. The Labute approximate surface area is 268 Å². The van der Waals surface area contributed by atoms with Crippen molar-refractivity contribution in [2.24, 2.45) is 0 Å². The van der Waals surface area contributed by atoms with Crippen molar-refractivity contribution in [3.05, 3.63) is 146 Å². The molecular formula is C42H24N2OS. The molecule has 10 rings (SSSR count). The monoisotopic (exact) mass is 604 g/mol. The fourth-order valence-corrected chi connectivity index (χ4v) is 8.05. The Balaban J connectivity index is 1.28. The zero-order chi connectivity index (χ0) is 30.2. The second kappa shape index (κ2) is 9.83. The fraction of sp³-hybridized carbons (Fsp3) is 0. The molecule has 46 heavy (non-hydrogen) atoms. The van der Waals surface area contributed by atoms with E-state index in [1.807, 2.05) is 18.2 Å². The van der Waals surface area contributed by atoms with Crippen LogP contribution in [0.4, 0.5) is 0 Å². The third kappa shape index (κ3) is 3.84. The van der Waals surface area contributed by atoms with E-state index in [4.69, 9.17) is 14.4 Å². The van der Waals surface area contributed by atoms with Gasteiger partial charge in [0.05, 0.1) is 15.9 Å². The van der Waals surface area contributed by atoms with E-state index in [0.717, 1.165) is 65.5 Å². The highest BCUT2D eigenvalue weighted by atomic mass is 32.1. The van der Waals surface area contributed by atoms with Gasteiger partial charge in [0.2, 0.25) is 0 Å². The Kier molecular flexibility index (Phi) is 5.45. The Morgan fingerprint density at radius 3 is 2.13 bits per heavy atom. The zero-order valence-corrected chi connectivity index (χ0v) is 25.4. The lowest BCUT2D eigenvalue weighted by Crippen LogP contribution is -1.95. The van der Waals surface area contributed by atoms with Crippen molar-refractivity contribution in [1.82, 2.24) is 9.97 Å². The van der Waals surface area contributed by atoms with Crippen LogP contribution in [0.15, 0.2) is 150 Å². The van der Waals surface area contributed by atoms with Crippen LogP contribution in [0.3, 0.4) is 0 Å². The molecule has 214 valence electrons. The highest BCUT2D eigenvalue weighted by Gasteiger charge is 2.21. The normalized spacial score (nSPS) is 11.9. The van der Waals surface area contributed by atoms with E-state index < -0.39 is 0 Å². The van der Waals surface area contributed by atoms with Gasteiger partial charge in [-0.1, -0.05) is 115 Å². The first-order chi connectivity index (χ1) is 22.8. The van der Waals surface area contributed by atoms with Crippen LogP contribution in [0.5, 0.6) is 0 Å². The van der Waals surface area contributed by atoms with Gasteiger partial charge in [0.25, 0.3) is 0 Å². The molecule has 3 nitrogen and oxygen atoms in total. The summed E-state index contributed by atoms with van der Waals surface area (Å²) in [6.07, 6.45) is 0. The summed E-state index contributed by atoms with van der Waals surface area (Å²) >= 11 is 1.75. The van der Waals surface area contributed by atoms with Crippen LogP contribution in [0, 0.1) is 0 Å². The first-order valence-corrected chi connectivity index (χ1v) is 16.2. The number of fused-ring (bicyclic) bond motifs is 9. The first kappa shape index (κ1) is 25.5. The minimum absolute atomic E-state index is 0.695. The van der Waals surface area contributed by atoms with Crippen molar-refractivity contribution in [2.75, 3.05) is 0 Å². The molecule has 10 aromatic rings. The quantitative estimate of drug-likeness (QED) is 0.188. The molecule has 0 saturated heterocycles. The molecule has 0 aliphatic rings. The summed E-state index contributed by atoms with van der Waals surface area (Å²) in [6, 6.07) is 51.3. The third-order valence-electron chi connectivity index (χ3n) is 9.06. The molecule has 0 spiro atoms. The Bertz CT molecular complexity index is 2810. The number of furan rings is 1. The van der Waals surface area contributed by atoms with Gasteiger partial charge in [0.1, 0.15) is 11.2 Å². The van der Waals surface area contributed by atoms with E-state index in [9.17, 15) is 0 Å². The molecule has 0 aliphatic carbocycles. The molecule has 0 bridgehead atoms. The van der Waals surface area contributed by atoms with E-state index in [0.29, 0.717) is 5.82 Å². The zero-order valence-electron chi connectivity index (χ0n) is 24.6. The second-order valence-corrected chi connectivity index (χ2v) is 12.8. The maximum absolute atomic E-state index is 6.53. The van der Waals surface area contributed by atoms with E-state index in [-0.39, 0.29) is 0 Å². The SMILES string of the molecule is c1ccc(-c2nc(-c3cc(-c4ccc5c(ccc6ccccc65)c4)cc4oc5ccccc5c34)nc3c2sc2ccccc23)cc1. The van der Waals surface area contributed by atoms with Crippen molar-refractivity contribution < 1.29 is 4.42 Å². The number of rotatable bonds is 3. The Hall–Kier alpha value is -5.84. The summed E-state index contributed by atoms with van der Waals surface area (Å²) in [5, 5.41) is 8.20. The third-order valence-corrected chi connectivity index (χ3v) is 10.2. The van der Waals surface area contributed by atoms with E-state index >= 15 is 0 Å². The topological polar surface area (TPSA) is 38.9 Å². The molecular weight excluding hydrogens is 581 g/mol. The number of hydrogen-bond acceptors (Lipinski definition) is 4. The van der Waals surface area contributed by atoms with Crippen LogP contribution < -0.4 is 0 Å². The lowest BCUT2D eigenvalue weighted by atomic mass is 9.95. The largest absolute Gasteiger partial charge is 0.456 e. The molecule has 0 atom stereocenters. The lowest BCUT2D eigenvalue weighted by molar-refractivity contribution is 0.669.